The number of benzene rings is 2. The van der Waals surface area contributed by atoms with Gasteiger partial charge in [0.25, 0.3) is 11.4 Å². The molecule has 1 saturated heterocycles. The summed E-state index contributed by atoms with van der Waals surface area (Å²) in [5.74, 6) is 0. The molecule has 4 atom stereocenters. The standard InChI is InChI=1S/C19H19N5O8/c1-19(2)17(23(29)30)15(11-5-3-7-13(9-11)21(25)26)20-16(18(19)24(31)32)12-6-4-8-14(10-12)22(27)28/h3-10,15-18,20H,1-2H3. The third-order valence-electron chi connectivity index (χ3n) is 5.85. The van der Waals surface area contributed by atoms with Gasteiger partial charge in [-0.05, 0) is 25.0 Å². The van der Waals surface area contributed by atoms with Gasteiger partial charge in [-0.1, -0.05) is 24.3 Å². The van der Waals surface area contributed by atoms with Crippen molar-refractivity contribution in [2.45, 2.75) is 38.0 Å². The monoisotopic (exact) mass is 445 g/mol. The van der Waals surface area contributed by atoms with E-state index < -0.39 is 49.3 Å². The van der Waals surface area contributed by atoms with Gasteiger partial charge in [0.15, 0.2) is 0 Å². The number of piperidine rings is 1. The van der Waals surface area contributed by atoms with E-state index in [1.54, 1.807) is 0 Å². The Kier molecular flexibility index (Phi) is 5.86. The Hall–Kier alpha value is -4.00. The summed E-state index contributed by atoms with van der Waals surface area (Å²) in [6.45, 7) is 2.78. The highest BCUT2D eigenvalue weighted by atomic mass is 16.6. The first-order valence-corrected chi connectivity index (χ1v) is 9.47. The first-order chi connectivity index (χ1) is 14.9. The molecule has 13 nitrogen and oxygen atoms in total. The highest BCUT2D eigenvalue weighted by molar-refractivity contribution is 5.40. The summed E-state index contributed by atoms with van der Waals surface area (Å²) in [6.07, 6.45) is 0. The van der Waals surface area contributed by atoms with Crippen molar-refractivity contribution in [2.24, 2.45) is 5.41 Å². The summed E-state index contributed by atoms with van der Waals surface area (Å²) in [5.41, 5.74) is -1.67. The van der Waals surface area contributed by atoms with Crippen LogP contribution >= 0.6 is 0 Å². The average Bonchev–Trinajstić information content (AvgIpc) is 2.71. The molecule has 0 saturated carbocycles. The molecule has 0 aliphatic carbocycles. The molecule has 3 rings (SSSR count). The van der Waals surface area contributed by atoms with Gasteiger partial charge in [0.05, 0.1) is 9.85 Å². The van der Waals surface area contributed by atoms with E-state index in [1.165, 1.54) is 62.4 Å². The highest BCUT2D eigenvalue weighted by Gasteiger charge is 2.63. The fourth-order valence-corrected chi connectivity index (χ4v) is 4.42. The predicted molar refractivity (Wildman–Crippen MR) is 110 cm³/mol. The van der Waals surface area contributed by atoms with E-state index >= 15 is 0 Å². The van der Waals surface area contributed by atoms with Crippen molar-refractivity contribution in [3.8, 4) is 0 Å². The molecular formula is C19H19N5O8. The molecular weight excluding hydrogens is 426 g/mol. The van der Waals surface area contributed by atoms with Gasteiger partial charge >= 0.3 is 0 Å². The summed E-state index contributed by atoms with van der Waals surface area (Å²) in [4.78, 5) is 44.0. The van der Waals surface area contributed by atoms with Gasteiger partial charge in [-0.25, -0.2) is 0 Å². The summed E-state index contributed by atoms with van der Waals surface area (Å²) in [5, 5.41) is 49.4. The molecule has 4 unspecified atom stereocenters. The number of nitro benzene ring substituents is 2. The molecule has 32 heavy (non-hydrogen) atoms. The largest absolute Gasteiger partial charge is 0.291 e. The van der Waals surface area contributed by atoms with Crippen LogP contribution < -0.4 is 5.32 Å². The molecule has 0 spiro atoms. The van der Waals surface area contributed by atoms with E-state index in [0.29, 0.717) is 0 Å². The Labute approximate surface area is 180 Å². The molecule has 1 N–H and O–H groups in total. The summed E-state index contributed by atoms with van der Waals surface area (Å²) in [7, 11) is 0. The average molecular weight is 445 g/mol. The second-order valence-electron chi connectivity index (χ2n) is 8.11. The van der Waals surface area contributed by atoms with E-state index in [2.05, 4.69) is 5.32 Å². The van der Waals surface area contributed by atoms with Crippen molar-refractivity contribution < 1.29 is 19.7 Å². The van der Waals surface area contributed by atoms with Crippen LogP contribution in [-0.2, 0) is 0 Å². The van der Waals surface area contributed by atoms with E-state index in [9.17, 15) is 40.5 Å². The Morgan fingerprint density at radius 2 is 1.09 bits per heavy atom. The fourth-order valence-electron chi connectivity index (χ4n) is 4.42. The van der Waals surface area contributed by atoms with Crippen molar-refractivity contribution in [3.05, 3.63) is 100 Å². The Bertz CT molecular complexity index is 1020. The fraction of sp³-hybridized carbons (Fsp3) is 0.368. The molecule has 2 aromatic carbocycles. The maximum Gasteiger partial charge on any atom is 0.269 e. The third-order valence-corrected chi connectivity index (χ3v) is 5.85. The summed E-state index contributed by atoms with van der Waals surface area (Å²) >= 11 is 0. The van der Waals surface area contributed by atoms with Gasteiger partial charge in [0.1, 0.15) is 17.5 Å². The lowest BCUT2D eigenvalue weighted by atomic mass is 9.66. The smallest absolute Gasteiger partial charge is 0.269 e. The van der Waals surface area contributed by atoms with Gasteiger partial charge in [0, 0.05) is 34.1 Å². The molecule has 1 aliphatic rings. The second kappa shape index (κ2) is 8.26. The van der Waals surface area contributed by atoms with Gasteiger partial charge in [-0.2, -0.15) is 0 Å². The molecule has 168 valence electrons. The van der Waals surface area contributed by atoms with E-state index in [4.69, 9.17) is 0 Å². The second-order valence-corrected chi connectivity index (χ2v) is 8.11. The van der Waals surface area contributed by atoms with Crippen LogP contribution in [0.15, 0.2) is 48.5 Å². The topological polar surface area (TPSA) is 185 Å². The van der Waals surface area contributed by atoms with Gasteiger partial charge in [-0.3, -0.25) is 45.8 Å². The number of rotatable bonds is 6. The molecule has 0 amide bonds. The highest BCUT2D eigenvalue weighted by Crippen LogP contribution is 2.47. The first kappa shape index (κ1) is 22.7. The Balaban J connectivity index is 2.20. The van der Waals surface area contributed by atoms with Gasteiger partial charge in [0.2, 0.25) is 12.1 Å². The molecule has 0 aromatic heterocycles. The number of nitrogens with one attached hydrogen (secondary N) is 1. The van der Waals surface area contributed by atoms with E-state index in [1.807, 2.05) is 0 Å². The van der Waals surface area contributed by atoms with Crippen LogP contribution in [0.25, 0.3) is 0 Å². The minimum absolute atomic E-state index is 0.214. The molecule has 1 heterocycles. The molecule has 1 aliphatic heterocycles. The maximum absolute atomic E-state index is 12.0. The number of non-ortho nitro benzene ring substituents is 2. The predicted octanol–water partition coefficient (Wildman–Crippen LogP) is 3.21. The number of hydrogen-bond donors (Lipinski definition) is 1. The molecule has 0 radical (unpaired) electrons. The first-order valence-electron chi connectivity index (χ1n) is 9.47. The molecule has 2 aromatic rings. The van der Waals surface area contributed by atoms with Crippen LogP contribution in [0.4, 0.5) is 11.4 Å². The minimum Gasteiger partial charge on any atom is -0.291 e. The zero-order chi connectivity index (χ0) is 23.8. The van der Waals surface area contributed by atoms with Crippen LogP contribution in [0.5, 0.6) is 0 Å². The number of hydrogen-bond acceptors (Lipinski definition) is 9. The lowest BCUT2D eigenvalue weighted by Gasteiger charge is -2.44. The van der Waals surface area contributed by atoms with Gasteiger partial charge < -0.3 is 0 Å². The minimum atomic E-state index is -1.52. The van der Waals surface area contributed by atoms with Crippen molar-refractivity contribution in [1.82, 2.24) is 5.32 Å². The summed E-state index contributed by atoms with van der Waals surface area (Å²) in [6, 6.07) is 5.26. The zero-order valence-corrected chi connectivity index (χ0v) is 17.0. The molecule has 0 bridgehead atoms. The molecule has 13 heteroatoms. The van der Waals surface area contributed by atoms with Gasteiger partial charge in [-0.15, -0.1) is 0 Å². The van der Waals surface area contributed by atoms with Crippen LogP contribution in [0, 0.1) is 45.9 Å². The quantitative estimate of drug-likeness (QED) is 0.515. The SMILES string of the molecule is CC1(C)C([N+](=O)[O-])C(c2cccc([N+](=O)[O-])c2)NC(c2cccc([N+](=O)[O-])c2)C1[N+](=O)[O-]. The lowest BCUT2D eigenvalue weighted by Crippen LogP contribution is -2.63. The maximum atomic E-state index is 12.0. The van der Waals surface area contributed by atoms with Crippen LogP contribution in [0.1, 0.15) is 37.1 Å². The van der Waals surface area contributed by atoms with Crippen molar-refractivity contribution >= 4 is 11.4 Å². The van der Waals surface area contributed by atoms with Crippen molar-refractivity contribution in [1.29, 1.82) is 0 Å². The molecule has 1 fully saturated rings. The zero-order valence-electron chi connectivity index (χ0n) is 17.0. The number of nitrogens with zero attached hydrogens (tertiary/aromatic N) is 4. The van der Waals surface area contributed by atoms with Crippen LogP contribution in [0.2, 0.25) is 0 Å². The summed E-state index contributed by atoms with van der Waals surface area (Å²) < 4.78 is 0. The van der Waals surface area contributed by atoms with E-state index in [0.717, 1.165) is 0 Å². The van der Waals surface area contributed by atoms with Crippen LogP contribution in [0.3, 0.4) is 0 Å². The Morgan fingerprint density at radius 1 is 0.719 bits per heavy atom. The number of nitro groups is 4. The van der Waals surface area contributed by atoms with Crippen LogP contribution in [-0.4, -0.2) is 31.8 Å². The van der Waals surface area contributed by atoms with E-state index in [-0.39, 0.29) is 22.5 Å². The van der Waals surface area contributed by atoms with Crippen molar-refractivity contribution in [3.63, 3.8) is 0 Å². The Morgan fingerprint density at radius 3 is 1.41 bits per heavy atom. The third kappa shape index (κ3) is 3.97. The van der Waals surface area contributed by atoms with Crippen molar-refractivity contribution in [2.75, 3.05) is 0 Å². The lowest BCUT2D eigenvalue weighted by molar-refractivity contribution is -0.605. The normalized spacial score (nSPS) is 24.4.